The van der Waals surface area contributed by atoms with Crippen LogP contribution in [0.25, 0.3) is 0 Å². The van der Waals surface area contributed by atoms with Crippen molar-refractivity contribution in [3.8, 4) is 0 Å². The van der Waals surface area contributed by atoms with E-state index in [0.717, 1.165) is 13.0 Å². The summed E-state index contributed by atoms with van der Waals surface area (Å²) in [6.45, 7) is 9.07. The monoisotopic (exact) mass is 424 g/mol. The van der Waals surface area contributed by atoms with E-state index < -0.39 is 5.97 Å². The normalized spacial score (nSPS) is 11.1. The molecule has 0 rings (SSSR count). The molecular formula is C20H40O9. The van der Waals surface area contributed by atoms with Gasteiger partial charge in [0, 0.05) is 6.61 Å². The number of hydrogen-bond donors (Lipinski definition) is 0. The Morgan fingerprint density at radius 3 is 1.21 bits per heavy atom. The van der Waals surface area contributed by atoms with Crippen LogP contribution in [0, 0.1) is 0 Å². The fourth-order valence-electron chi connectivity index (χ4n) is 1.99. The van der Waals surface area contributed by atoms with Crippen LogP contribution in [0.1, 0.15) is 26.2 Å². The van der Waals surface area contributed by atoms with Crippen molar-refractivity contribution in [3.05, 3.63) is 0 Å². The van der Waals surface area contributed by atoms with Crippen LogP contribution in [0.3, 0.4) is 0 Å². The highest BCUT2D eigenvalue weighted by atomic mass is 16.6. The standard InChI is InChI=1S/C20H40O9/c1-3-4-5-6-23-7-8-24-9-10-25-11-12-26-13-14-27-15-16-28-17-18-29-19-20(21)22-2/h3-19H2,1-2H3. The number of ether oxygens (including phenoxy) is 8. The number of hydrogen-bond acceptors (Lipinski definition) is 9. The molecule has 0 unspecified atom stereocenters. The molecular weight excluding hydrogens is 384 g/mol. The Labute approximate surface area is 175 Å². The van der Waals surface area contributed by atoms with E-state index in [1.54, 1.807) is 0 Å². The van der Waals surface area contributed by atoms with Gasteiger partial charge in [0.1, 0.15) is 6.61 Å². The van der Waals surface area contributed by atoms with Gasteiger partial charge in [0.15, 0.2) is 0 Å². The smallest absolute Gasteiger partial charge is 0.331 e. The summed E-state index contributed by atoms with van der Waals surface area (Å²) in [6, 6.07) is 0. The van der Waals surface area contributed by atoms with Gasteiger partial charge in [-0.25, -0.2) is 4.79 Å². The fraction of sp³-hybridized carbons (Fsp3) is 0.950. The Bertz CT molecular complexity index is 329. The highest BCUT2D eigenvalue weighted by Gasteiger charge is 1.99. The van der Waals surface area contributed by atoms with Crippen LogP contribution in [0.5, 0.6) is 0 Å². The van der Waals surface area contributed by atoms with E-state index in [9.17, 15) is 4.79 Å². The zero-order chi connectivity index (χ0) is 21.3. The molecule has 0 fully saturated rings. The van der Waals surface area contributed by atoms with E-state index in [0.29, 0.717) is 79.3 Å². The first-order valence-corrected chi connectivity index (χ1v) is 10.4. The van der Waals surface area contributed by atoms with Crippen LogP contribution >= 0.6 is 0 Å². The van der Waals surface area contributed by atoms with Gasteiger partial charge in [0.2, 0.25) is 0 Å². The summed E-state index contributed by atoms with van der Waals surface area (Å²) >= 11 is 0. The first-order chi connectivity index (χ1) is 14.3. The van der Waals surface area contributed by atoms with Crippen LogP contribution in [0.2, 0.25) is 0 Å². The lowest BCUT2D eigenvalue weighted by Gasteiger charge is -2.08. The molecule has 174 valence electrons. The molecule has 0 amide bonds. The highest BCUT2D eigenvalue weighted by Crippen LogP contribution is 1.93. The van der Waals surface area contributed by atoms with Gasteiger partial charge in [-0.3, -0.25) is 0 Å². The van der Waals surface area contributed by atoms with Crippen molar-refractivity contribution in [1.29, 1.82) is 0 Å². The molecule has 0 aromatic carbocycles. The van der Waals surface area contributed by atoms with Gasteiger partial charge >= 0.3 is 5.97 Å². The van der Waals surface area contributed by atoms with Gasteiger partial charge in [-0.15, -0.1) is 0 Å². The molecule has 9 nitrogen and oxygen atoms in total. The summed E-state index contributed by atoms with van der Waals surface area (Å²) in [7, 11) is 1.32. The Hall–Kier alpha value is -0.810. The lowest BCUT2D eigenvalue weighted by Crippen LogP contribution is -2.15. The van der Waals surface area contributed by atoms with Crippen molar-refractivity contribution in [1.82, 2.24) is 0 Å². The number of methoxy groups -OCH3 is 1. The molecule has 0 atom stereocenters. The summed E-state index contributed by atoms with van der Waals surface area (Å²) in [5.74, 6) is -0.398. The fourth-order valence-corrected chi connectivity index (χ4v) is 1.99. The Kier molecular flexibility index (Phi) is 24.5. The van der Waals surface area contributed by atoms with Crippen molar-refractivity contribution in [3.63, 3.8) is 0 Å². The predicted octanol–water partition coefficient (Wildman–Crippen LogP) is 1.47. The van der Waals surface area contributed by atoms with E-state index in [1.165, 1.54) is 20.0 Å². The van der Waals surface area contributed by atoms with E-state index in [-0.39, 0.29) is 6.61 Å². The third kappa shape index (κ3) is 25.2. The first kappa shape index (κ1) is 28.2. The lowest BCUT2D eigenvalue weighted by atomic mass is 10.3. The second-order valence-electron chi connectivity index (χ2n) is 6.01. The SMILES string of the molecule is CCCCCOCCOCCOCCOCCOCCOCCOCC(=O)OC. The molecule has 29 heavy (non-hydrogen) atoms. The molecule has 9 heteroatoms. The summed E-state index contributed by atoms with van der Waals surface area (Å²) in [4.78, 5) is 10.8. The lowest BCUT2D eigenvalue weighted by molar-refractivity contribution is -0.146. The Morgan fingerprint density at radius 1 is 0.517 bits per heavy atom. The van der Waals surface area contributed by atoms with Gasteiger partial charge < -0.3 is 37.9 Å². The maximum absolute atomic E-state index is 10.8. The van der Waals surface area contributed by atoms with Gasteiger partial charge in [0.05, 0.1) is 86.4 Å². The van der Waals surface area contributed by atoms with Crippen molar-refractivity contribution in [2.75, 3.05) is 99.6 Å². The predicted molar refractivity (Wildman–Crippen MR) is 107 cm³/mol. The van der Waals surface area contributed by atoms with Crippen LogP contribution in [0.4, 0.5) is 0 Å². The first-order valence-electron chi connectivity index (χ1n) is 10.4. The maximum Gasteiger partial charge on any atom is 0.331 e. The molecule has 0 saturated carbocycles. The molecule has 0 aromatic heterocycles. The second-order valence-corrected chi connectivity index (χ2v) is 6.01. The Morgan fingerprint density at radius 2 is 0.862 bits per heavy atom. The molecule has 0 saturated heterocycles. The van der Waals surface area contributed by atoms with Crippen LogP contribution in [-0.4, -0.2) is 106 Å². The summed E-state index contributed by atoms with van der Waals surface area (Å²) < 4.78 is 41.8. The van der Waals surface area contributed by atoms with Crippen LogP contribution in [0.15, 0.2) is 0 Å². The molecule has 0 aliphatic heterocycles. The molecule has 0 bridgehead atoms. The summed E-state index contributed by atoms with van der Waals surface area (Å²) in [5, 5.41) is 0. The number of rotatable bonds is 24. The van der Waals surface area contributed by atoms with E-state index in [2.05, 4.69) is 11.7 Å². The van der Waals surface area contributed by atoms with Crippen molar-refractivity contribution >= 4 is 5.97 Å². The number of unbranched alkanes of at least 4 members (excludes halogenated alkanes) is 2. The molecule has 0 spiro atoms. The number of esters is 1. The topological polar surface area (TPSA) is 90.9 Å². The molecule has 0 aromatic rings. The minimum Gasteiger partial charge on any atom is -0.467 e. The molecule has 0 N–H and O–H groups in total. The van der Waals surface area contributed by atoms with E-state index in [4.69, 9.17) is 33.2 Å². The summed E-state index contributed by atoms with van der Waals surface area (Å²) in [6.07, 6.45) is 3.54. The molecule has 0 aliphatic rings. The van der Waals surface area contributed by atoms with Crippen molar-refractivity contribution in [2.45, 2.75) is 26.2 Å². The van der Waals surface area contributed by atoms with Crippen molar-refractivity contribution in [2.24, 2.45) is 0 Å². The second kappa shape index (κ2) is 25.2. The van der Waals surface area contributed by atoms with Crippen molar-refractivity contribution < 1.29 is 42.7 Å². The Balaban J connectivity index is 3.01. The zero-order valence-electron chi connectivity index (χ0n) is 18.2. The van der Waals surface area contributed by atoms with Gasteiger partial charge in [-0.05, 0) is 6.42 Å². The van der Waals surface area contributed by atoms with Gasteiger partial charge in [-0.2, -0.15) is 0 Å². The summed E-state index contributed by atoms with van der Waals surface area (Å²) in [5.41, 5.74) is 0. The quantitative estimate of drug-likeness (QED) is 0.169. The third-order valence-electron chi connectivity index (χ3n) is 3.57. The minimum absolute atomic E-state index is 0.0570. The van der Waals surface area contributed by atoms with E-state index in [1.807, 2.05) is 0 Å². The number of carbonyl (C=O) groups excluding carboxylic acids is 1. The average molecular weight is 425 g/mol. The maximum atomic E-state index is 10.8. The highest BCUT2D eigenvalue weighted by molar-refractivity contribution is 5.70. The molecule has 0 aliphatic carbocycles. The van der Waals surface area contributed by atoms with Crippen LogP contribution in [-0.2, 0) is 42.7 Å². The minimum atomic E-state index is -0.398. The van der Waals surface area contributed by atoms with Crippen LogP contribution < -0.4 is 0 Å². The molecule has 0 heterocycles. The van der Waals surface area contributed by atoms with E-state index >= 15 is 0 Å². The van der Waals surface area contributed by atoms with Gasteiger partial charge in [0.25, 0.3) is 0 Å². The molecule has 0 radical (unpaired) electrons. The average Bonchev–Trinajstić information content (AvgIpc) is 2.74. The zero-order valence-corrected chi connectivity index (χ0v) is 18.2. The largest absolute Gasteiger partial charge is 0.467 e. The van der Waals surface area contributed by atoms with Gasteiger partial charge in [-0.1, -0.05) is 19.8 Å². The number of carbonyl (C=O) groups is 1. The third-order valence-corrected chi connectivity index (χ3v) is 3.57.